The van der Waals surface area contributed by atoms with Gasteiger partial charge in [-0.15, -0.1) is 0 Å². The Hall–Kier alpha value is -0.0800. The van der Waals surface area contributed by atoms with Crippen molar-refractivity contribution in [3.05, 3.63) is 0 Å². The Balaban J connectivity index is 2.13. The van der Waals surface area contributed by atoms with Gasteiger partial charge in [-0.3, -0.25) is 0 Å². The Bertz CT molecular complexity index is 209. The average Bonchev–Trinajstić information content (AvgIpc) is 2.88. The van der Waals surface area contributed by atoms with Gasteiger partial charge in [0.2, 0.25) is 0 Å². The molecule has 1 aliphatic rings. The second kappa shape index (κ2) is 9.77. The summed E-state index contributed by atoms with van der Waals surface area (Å²) in [6, 6.07) is 0. The highest BCUT2D eigenvalue weighted by Gasteiger charge is 2.40. The Morgan fingerprint density at radius 3 is 2.11 bits per heavy atom. The maximum absolute atomic E-state index is 10.4. The van der Waals surface area contributed by atoms with E-state index in [0.29, 0.717) is 0 Å². The molecule has 1 N–H and O–H groups in total. The van der Waals surface area contributed by atoms with Crippen LogP contribution in [0.2, 0.25) is 0 Å². The smallest absolute Gasteiger partial charge is 0.0939 e. The zero-order valence-corrected chi connectivity index (χ0v) is 13.1. The largest absolute Gasteiger partial charge is 0.390 e. The van der Waals surface area contributed by atoms with Crippen LogP contribution in [0.1, 0.15) is 90.9 Å². The molecule has 0 aromatic rings. The number of hydrogen-bond donors (Lipinski definition) is 1. The van der Waals surface area contributed by atoms with Crippen LogP contribution in [-0.2, 0) is 4.74 Å². The van der Waals surface area contributed by atoms with Crippen molar-refractivity contribution >= 4 is 0 Å². The van der Waals surface area contributed by atoms with E-state index in [4.69, 9.17) is 4.74 Å². The molecule has 2 nitrogen and oxygen atoms in total. The zero-order chi connectivity index (χ0) is 14.0. The third-order valence-electron chi connectivity index (χ3n) is 4.57. The number of hydrogen-bond acceptors (Lipinski definition) is 2. The van der Waals surface area contributed by atoms with E-state index in [9.17, 15) is 5.11 Å². The van der Waals surface area contributed by atoms with Crippen molar-refractivity contribution in [2.45, 2.75) is 103 Å². The molecule has 1 fully saturated rings. The van der Waals surface area contributed by atoms with E-state index in [0.717, 1.165) is 32.3 Å². The molecule has 0 spiro atoms. The molecule has 1 aliphatic carbocycles. The minimum atomic E-state index is -0.245. The summed E-state index contributed by atoms with van der Waals surface area (Å²) in [7, 11) is 0. The number of rotatable bonds is 11. The molecular weight excluding hydrogens is 236 g/mol. The van der Waals surface area contributed by atoms with Crippen LogP contribution in [0.5, 0.6) is 0 Å². The second-order valence-electron chi connectivity index (χ2n) is 6.13. The summed E-state index contributed by atoms with van der Waals surface area (Å²) in [5.74, 6) is 0. The highest BCUT2D eigenvalue weighted by molar-refractivity contribution is 4.92. The van der Waals surface area contributed by atoms with E-state index in [1.54, 1.807) is 0 Å². The fourth-order valence-corrected chi connectivity index (χ4v) is 3.39. The van der Waals surface area contributed by atoms with Crippen LogP contribution in [0, 0.1) is 0 Å². The minimum Gasteiger partial charge on any atom is -0.390 e. The number of ether oxygens (including phenoxy) is 1. The van der Waals surface area contributed by atoms with Crippen molar-refractivity contribution in [3.63, 3.8) is 0 Å². The molecule has 114 valence electrons. The molecule has 0 aromatic carbocycles. The van der Waals surface area contributed by atoms with Gasteiger partial charge in [0.05, 0.1) is 11.7 Å². The van der Waals surface area contributed by atoms with E-state index >= 15 is 0 Å². The van der Waals surface area contributed by atoms with Gasteiger partial charge in [-0.25, -0.2) is 0 Å². The molecule has 0 amide bonds. The first-order valence-corrected chi connectivity index (χ1v) is 8.57. The van der Waals surface area contributed by atoms with Gasteiger partial charge < -0.3 is 9.84 Å². The third-order valence-corrected chi connectivity index (χ3v) is 4.57. The van der Waals surface area contributed by atoms with E-state index in [1.807, 2.05) is 6.92 Å². The lowest BCUT2D eigenvalue weighted by Gasteiger charge is -2.34. The van der Waals surface area contributed by atoms with Gasteiger partial charge in [0.1, 0.15) is 0 Å². The fourth-order valence-electron chi connectivity index (χ4n) is 3.39. The lowest BCUT2D eigenvalue weighted by molar-refractivity contribution is -0.119. The topological polar surface area (TPSA) is 29.5 Å². The van der Waals surface area contributed by atoms with Gasteiger partial charge in [-0.1, -0.05) is 64.7 Å². The normalized spacial score (nSPS) is 19.7. The van der Waals surface area contributed by atoms with E-state index in [-0.39, 0.29) is 11.7 Å². The molecule has 1 atom stereocenters. The summed E-state index contributed by atoms with van der Waals surface area (Å²) in [5, 5.41) is 10.4. The van der Waals surface area contributed by atoms with Crippen LogP contribution in [0.15, 0.2) is 0 Å². The van der Waals surface area contributed by atoms with Crippen molar-refractivity contribution in [3.8, 4) is 0 Å². The molecule has 0 saturated heterocycles. The average molecular weight is 270 g/mol. The first-order valence-electron chi connectivity index (χ1n) is 8.57. The summed E-state index contributed by atoms with van der Waals surface area (Å²) in [6.07, 6.45) is 14.4. The van der Waals surface area contributed by atoms with Gasteiger partial charge in [0, 0.05) is 6.61 Å². The lowest BCUT2D eigenvalue weighted by atomic mass is 9.90. The molecule has 0 aliphatic heterocycles. The predicted octanol–water partition coefficient (Wildman–Crippen LogP) is 4.84. The second-order valence-corrected chi connectivity index (χ2v) is 6.13. The molecule has 0 heterocycles. The van der Waals surface area contributed by atoms with Gasteiger partial charge >= 0.3 is 0 Å². The molecule has 1 unspecified atom stereocenters. The Kier molecular flexibility index (Phi) is 8.72. The van der Waals surface area contributed by atoms with Crippen molar-refractivity contribution in [1.82, 2.24) is 0 Å². The molecule has 19 heavy (non-hydrogen) atoms. The lowest BCUT2D eigenvalue weighted by Crippen LogP contribution is -2.42. The Labute approximate surface area is 119 Å². The number of aliphatic hydroxyl groups excluding tert-OH is 1. The summed E-state index contributed by atoms with van der Waals surface area (Å²) in [6.45, 7) is 5.03. The Morgan fingerprint density at radius 1 is 0.947 bits per heavy atom. The van der Waals surface area contributed by atoms with Crippen molar-refractivity contribution in [2.75, 3.05) is 6.61 Å². The van der Waals surface area contributed by atoms with E-state index in [2.05, 4.69) is 6.92 Å². The van der Waals surface area contributed by atoms with Crippen LogP contribution in [0.4, 0.5) is 0 Å². The van der Waals surface area contributed by atoms with Crippen molar-refractivity contribution in [2.24, 2.45) is 0 Å². The van der Waals surface area contributed by atoms with Gasteiger partial charge in [0.25, 0.3) is 0 Å². The molecular formula is C17H34O2. The summed E-state index contributed by atoms with van der Waals surface area (Å²) in [5.41, 5.74) is -0.197. The Morgan fingerprint density at radius 2 is 1.53 bits per heavy atom. The summed E-state index contributed by atoms with van der Waals surface area (Å²) < 4.78 is 5.91. The van der Waals surface area contributed by atoms with Crippen molar-refractivity contribution < 1.29 is 9.84 Å². The zero-order valence-electron chi connectivity index (χ0n) is 13.1. The summed E-state index contributed by atoms with van der Waals surface area (Å²) >= 11 is 0. The quantitative estimate of drug-likeness (QED) is 0.544. The van der Waals surface area contributed by atoms with Gasteiger partial charge in [-0.05, 0) is 26.2 Å². The van der Waals surface area contributed by atoms with Crippen molar-refractivity contribution in [1.29, 1.82) is 0 Å². The SMILES string of the molecule is CCCCCCCCCC(O)C1(OCC)CCCC1. The minimum absolute atomic E-state index is 0.197. The van der Waals surface area contributed by atoms with Crippen LogP contribution in [0.25, 0.3) is 0 Å². The highest BCUT2D eigenvalue weighted by Crippen LogP contribution is 2.37. The fraction of sp³-hybridized carbons (Fsp3) is 1.00. The van der Waals surface area contributed by atoms with Crippen LogP contribution >= 0.6 is 0 Å². The maximum Gasteiger partial charge on any atom is 0.0939 e. The molecule has 0 radical (unpaired) electrons. The molecule has 0 bridgehead atoms. The third kappa shape index (κ3) is 5.83. The van der Waals surface area contributed by atoms with Gasteiger partial charge in [0.15, 0.2) is 0 Å². The standard InChI is InChI=1S/C17H34O2/c1-3-5-6-7-8-9-10-13-16(18)17(19-4-2)14-11-12-15-17/h16,18H,3-15H2,1-2H3. The number of aliphatic hydroxyl groups is 1. The monoisotopic (exact) mass is 270 g/mol. The summed E-state index contributed by atoms with van der Waals surface area (Å²) in [4.78, 5) is 0. The maximum atomic E-state index is 10.4. The molecule has 2 heteroatoms. The van der Waals surface area contributed by atoms with Crippen LogP contribution < -0.4 is 0 Å². The van der Waals surface area contributed by atoms with E-state index in [1.165, 1.54) is 51.4 Å². The van der Waals surface area contributed by atoms with Gasteiger partial charge in [-0.2, -0.15) is 0 Å². The first-order chi connectivity index (χ1) is 9.25. The molecule has 1 rings (SSSR count). The van der Waals surface area contributed by atoms with Crippen LogP contribution in [0.3, 0.4) is 0 Å². The van der Waals surface area contributed by atoms with Crippen LogP contribution in [-0.4, -0.2) is 23.4 Å². The molecule has 1 saturated carbocycles. The highest BCUT2D eigenvalue weighted by atomic mass is 16.5. The number of unbranched alkanes of at least 4 members (excludes halogenated alkanes) is 6. The predicted molar refractivity (Wildman–Crippen MR) is 81.4 cm³/mol. The molecule has 0 aromatic heterocycles. The first kappa shape index (κ1) is 17.0. The van der Waals surface area contributed by atoms with E-state index < -0.39 is 0 Å².